The minimum absolute atomic E-state index is 0.333. The van der Waals surface area contributed by atoms with Crippen LogP contribution in [0.15, 0.2) is 35.8 Å². The average Bonchev–Trinajstić information content (AvgIpc) is 2.00. The lowest BCUT2D eigenvalue weighted by Gasteiger charge is -2.02. The minimum Gasteiger partial charge on any atom is -0.480 e. The maximum atomic E-state index is 10.5. The van der Waals surface area contributed by atoms with Crippen LogP contribution in [-0.4, -0.2) is 22.3 Å². The monoisotopic (exact) mass is 227 g/mol. The molecule has 1 rings (SSSR count). The Hall–Kier alpha value is -1.69. The summed E-state index contributed by atoms with van der Waals surface area (Å²) in [6.45, 7) is 0. The molecule has 0 fully saturated rings. The molecule has 1 unspecified atom stereocenters. The number of hydrogen-bond donors (Lipinski definition) is 4. The summed E-state index contributed by atoms with van der Waals surface area (Å²) in [6, 6.07) is 0. The van der Waals surface area contributed by atoms with Gasteiger partial charge >= 0.3 is 5.97 Å². The summed E-state index contributed by atoms with van der Waals surface area (Å²) in [5.74, 6) is -1.13. The highest BCUT2D eigenvalue weighted by Gasteiger charge is 2.11. The largest absolute Gasteiger partial charge is 0.480 e. The van der Waals surface area contributed by atoms with E-state index in [-0.39, 0.29) is 5.96 Å². The number of nitrogens with one attached hydrogen (secondary N) is 1. The number of carboxylic acid groups (broad SMARTS) is 1. The second kappa shape index (κ2) is 7.69. The molecule has 0 saturated heterocycles. The van der Waals surface area contributed by atoms with Crippen LogP contribution in [0.5, 0.6) is 0 Å². The highest BCUT2D eigenvalue weighted by molar-refractivity contribution is 8.03. The van der Waals surface area contributed by atoms with Gasteiger partial charge in [0, 0.05) is 0 Å². The molecule has 0 radical (unpaired) electrons. The number of rotatable bonds is 1. The molecule has 0 aromatic rings. The smallest absolute Gasteiger partial charge is 0.320 e. The van der Waals surface area contributed by atoms with Crippen molar-refractivity contribution in [2.24, 2.45) is 11.5 Å². The Bertz CT molecular complexity index is 306. The number of guanidine groups is 1. The number of carboxylic acids is 1. The van der Waals surface area contributed by atoms with Crippen LogP contribution in [0.25, 0.3) is 0 Å². The van der Waals surface area contributed by atoms with Gasteiger partial charge in [0.05, 0.1) is 0 Å². The molecule has 0 aliphatic carbocycles. The predicted octanol–water partition coefficient (Wildman–Crippen LogP) is 0.651. The van der Waals surface area contributed by atoms with Crippen molar-refractivity contribution in [1.29, 1.82) is 5.41 Å². The van der Waals surface area contributed by atoms with Crippen molar-refractivity contribution in [2.45, 2.75) is 5.25 Å². The molecular weight excluding hydrogens is 214 g/mol. The number of carbonyl (C=O) groups is 1. The first-order chi connectivity index (χ1) is 7.04. The molecule has 0 aromatic carbocycles. The highest BCUT2D eigenvalue weighted by Crippen LogP contribution is 2.15. The summed E-state index contributed by atoms with van der Waals surface area (Å²) in [4.78, 5) is 10.5. The molecule has 0 saturated carbocycles. The first-order valence-electron chi connectivity index (χ1n) is 4.02. The van der Waals surface area contributed by atoms with Gasteiger partial charge in [0.15, 0.2) is 5.96 Å². The third-order valence-electron chi connectivity index (χ3n) is 1.17. The Morgan fingerprint density at radius 2 is 1.80 bits per heavy atom. The van der Waals surface area contributed by atoms with E-state index >= 15 is 0 Å². The lowest BCUT2D eigenvalue weighted by molar-refractivity contribution is -0.135. The average molecular weight is 227 g/mol. The van der Waals surface area contributed by atoms with Crippen molar-refractivity contribution in [2.75, 3.05) is 0 Å². The Morgan fingerprint density at radius 3 is 2.33 bits per heavy atom. The second-order valence-electron chi connectivity index (χ2n) is 2.45. The maximum Gasteiger partial charge on any atom is 0.320 e. The van der Waals surface area contributed by atoms with Crippen molar-refractivity contribution in [3.8, 4) is 0 Å². The zero-order valence-electron chi connectivity index (χ0n) is 7.96. The topological polar surface area (TPSA) is 113 Å². The van der Waals surface area contributed by atoms with Crippen molar-refractivity contribution < 1.29 is 9.90 Å². The number of thioether (sulfide) groups is 1. The first-order valence-corrected chi connectivity index (χ1v) is 4.96. The fourth-order valence-corrected chi connectivity index (χ4v) is 1.30. The van der Waals surface area contributed by atoms with Gasteiger partial charge in [0.1, 0.15) is 5.25 Å². The lowest BCUT2D eigenvalue weighted by atomic mass is 10.3. The summed E-state index contributed by atoms with van der Waals surface area (Å²) in [5.41, 5.74) is 8.94. The van der Waals surface area contributed by atoms with E-state index in [4.69, 9.17) is 10.5 Å². The molecule has 5 nitrogen and oxygen atoms in total. The number of nitrogens with two attached hydrogens (primary N) is 2. The van der Waals surface area contributed by atoms with Gasteiger partial charge in [-0.1, -0.05) is 30.4 Å². The van der Waals surface area contributed by atoms with E-state index in [0.29, 0.717) is 0 Å². The van der Waals surface area contributed by atoms with Crippen molar-refractivity contribution in [3.63, 3.8) is 0 Å². The van der Waals surface area contributed by atoms with E-state index in [2.05, 4.69) is 11.5 Å². The molecule has 0 spiro atoms. The van der Waals surface area contributed by atoms with Crippen molar-refractivity contribution in [1.82, 2.24) is 0 Å². The van der Waals surface area contributed by atoms with Gasteiger partial charge in [0.25, 0.3) is 0 Å². The molecular formula is C9H13N3O2S. The van der Waals surface area contributed by atoms with E-state index in [1.165, 1.54) is 11.8 Å². The zero-order chi connectivity index (χ0) is 11.7. The highest BCUT2D eigenvalue weighted by atomic mass is 32.2. The summed E-state index contributed by atoms with van der Waals surface area (Å²) in [5, 5.41) is 16.0. The van der Waals surface area contributed by atoms with Crippen LogP contribution in [0, 0.1) is 5.41 Å². The molecule has 0 aromatic heterocycles. The van der Waals surface area contributed by atoms with E-state index < -0.39 is 11.2 Å². The molecule has 6 N–H and O–H groups in total. The molecule has 6 heteroatoms. The summed E-state index contributed by atoms with van der Waals surface area (Å²) < 4.78 is 0. The standard InChI is InChI=1S/C8H8O2S.CH5N3/c9-8(10)7-5-3-1-2-4-6-11-7;2-1(3)4/h1-7H,(H,9,10);(H5,2,3,4). The molecule has 1 heterocycles. The second-order valence-corrected chi connectivity index (χ2v) is 3.50. The third kappa shape index (κ3) is 8.63. The summed E-state index contributed by atoms with van der Waals surface area (Å²) in [7, 11) is 0. The Morgan fingerprint density at radius 1 is 1.27 bits per heavy atom. The molecule has 1 atom stereocenters. The number of hydrogen-bond acceptors (Lipinski definition) is 3. The zero-order valence-corrected chi connectivity index (χ0v) is 8.78. The fourth-order valence-electron chi connectivity index (χ4n) is 0.655. The van der Waals surface area contributed by atoms with Crippen molar-refractivity contribution >= 4 is 23.7 Å². The van der Waals surface area contributed by atoms with E-state index in [1.54, 1.807) is 17.6 Å². The van der Waals surface area contributed by atoms with Crippen LogP contribution in [-0.2, 0) is 4.79 Å². The molecule has 1 aliphatic heterocycles. The van der Waals surface area contributed by atoms with E-state index in [1.807, 2.05) is 18.2 Å². The van der Waals surface area contributed by atoms with Crippen LogP contribution in [0.4, 0.5) is 0 Å². The van der Waals surface area contributed by atoms with Crippen LogP contribution in [0.3, 0.4) is 0 Å². The maximum absolute atomic E-state index is 10.5. The van der Waals surface area contributed by atoms with Crippen LogP contribution >= 0.6 is 11.8 Å². The Labute approximate surface area is 92.0 Å². The van der Waals surface area contributed by atoms with Crippen LogP contribution in [0.1, 0.15) is 0 Å². The quantitative estimate of drug-likeness (QED) is 0.388. The van der Waals surface area contributed by atoms with Crippen LogP contribution in [0.2, 0.25) is 0 Å². The summed E-state index contributed by atoms with van der Waals surface area (Å²) in [6.07, 6.45) is 8.90. The van der Waals surface area contributed by atoms with E-state index in [0.717, 1.165) is 0 Å². The van der Waals surface area contributed by atoms with Gasteiger partial charge in [-0.3, -0.25) is 10.2 Å². The SMILES string of the molecule is N=C(N)N.O=C(O)C1C=CC=CC=CS1. The minimum atomic E-state index is -0.800. The van der Waals surface area contributed by atoms with Gasteiger partial charge in [0.2, 0.25) is 0 Å². The summed E-state index contributed by atoms with van der Waals surface area (Å²) >= 11 is 1.29. The van der Waals surface area contributed by atoms with Gasteiger partial charge in [-0.15, -0.1) is 11.8 Å². The predicted molar refractivity (Wildman–Crippen MR) is 62.5 cm³/mol. The number of aliphatic carboxylic acids is 1. The van der Waals surface area contributed by atoms with E-state index in [9.17, 15) is 4.79 Å². The van der Waals surface area contributed by atoms with Crippen LogP contribution < -0.4 is 11.5 Å². The van der Waals surface area contributed by atoms with Gasteiger partial charge < -0.3 is 16.6 Å². The normalized spacial score (nSPS) is 18.3. The third-order valence-corrected chi connectivity index (χ3v) is 2.13. The fraction of sp³-hybridized carbons (Fsp3) is 0.111. The van der Waals surface area contributed by atoms with Gasteiger partial charge in [-0.25, -0.2) is 0 Å². The molecule has 82 valence electrons. The molecule has 0 bridgehead atoms. The number of allylic oxidation sites excluding steroid dienone is 4. The Balaban J connectivity index is 0.000000423. The lowest BCUT2D eigenvalue weighted by Crippen LogP contribution is -2.20. The Kier molecular flexibility index (Phi) is 6.82. The molecule has 0 amide bonds. The first kappa shape index (κ1) is 13.3. The molecule has 1 aliphatic rings. The molecule has 15 heavy (non-hydrogen) atoms. The van der Waals surface area contributed by atoms with Gasteiger partial charge in [-0.2, -0.15) is 0 Å². The van der Waals surface area contributed by atoms with Gasteiger partial charge in [-0.05, 0) is 5.41 Å². The van der Waals surface area contributed by atoms with Crippen molar-refractivity contribution in [3.05, 3.63) is 35.8 Å².